The number of anilines is 1. The minimum absolute atomic E-state index is 0.493. The fraction of sp³-hybridized carbons (Fsp3) is 0.200. The zero-order valence-electron chi connectivity index (χ0n) is 7.30. The Bertz CT molecular complexity index is 330. The van der Waals surface area contributed by atoms with Crippen LogP contribution < -0.4 is 10.1 Å². The number of halogens is 1. The molecule has 0 atom stereocenters. The molecule has 0 aliphatic rings. The second-order valence-corrected chi connectivity index (χ2v) is 3.32. The van der Waals surface area contributed by atoms with Gasteiger partial charge in [0.05, 0.1) is 19.3 Å². The van der Waals surface area contributed by atoms with E-state index in [1.165, 1.54) is 0 Å². The maximum absolute atomic E-state index is 5.15. The third-order valence-corrected chi connectivity index (χ3v) is 2.04. The van der Waals surface area contributed by atoms with Gasteiger partial charge >= 0.3 is 0 Å². The minimum atomic E-state index is 0.493. The molecule has 1 N–H and O–H groups in total. The maximum atomic E-state index is 5.15. The van der Waals surface area contributed by atoms with E-state index in [4.69, 9.17) is 11.2 Å². The quantitative estimate of drug-likeness (QED) is 0.819. The lowest BCUT2D eigenvalue weighted by atomic mass is 10.3. The predicted octanol–water partition coefficient (Wildman–Crippen LogP) is 2.50. The van der Waals surface area contributed by atoms with E-state index in [2.05, 4.69) is 27.2 Å². The highest BCUT2D eigenvalue weighted by molar-refractivity contribution is 9.10. The van der Waals surface area contributed by atoms with Gasteiger partial charge in [0, 0.05) is 4.47 Å². The van der Waals surface area contributed by atoms with E-state index < -0.39 is 0 Å². The predicted molar refractivity (Wildman–Crippen MR) is 58.0 cm³/mol. The molecule has 0 spiro atoms. The number of terminal acetylenes is 1. The van der Waals surface area contributed by atoms with Gasteiger partial charge in [-0.1, -0.05) is 21.9 Å². The van der Waals surface area contributed by atoms with E-state index in [1.807, 2.05) is 18.2 Å². The number of methoxy groups -OCH3 is 1. The summed E-state index contributed by atoms with van der Waals surface area (Å²) in [5.74, 6) is 3.30. The molecule has 0 aromatic heterocycles. The van der Waals surface area contributed by atoms with Crippen LogP contribution in [-0.4, -0.2) is 13.7 Å². The Morgan fingerprint density at radius 1 is 1.62 bits per heavy atom. The van der Waals surface area contributed by atoms with Gasteiger partial charge in [-0.05, 0) is 18.2 Å². The number of nitrogens with one attached hydrogen (secondary N) is 1. The van der Waals surface area contributed by atoms with Crippen molar-refractivity contribution in [1.82, 2.24) is 0 Å². The first-order valence-corrected chi connectivity index (χ1v) is 4.58. The summed E-state index contributed by atoms with van der Waals surface area (Å²) in [5, 5.41) is 3.06. The van der Waals surface area contributed by atoms with Crippen LogP contribution in [0.2, 0.25) is 0 Å². The molecule has 0 radical (unpaired) electrons. The highest BCUT2D eigenvalue weighted by Gasteiger charge is 2.01. The van der Waals surface area contributed by atoms with E-state index in [0.29, 0.717) is 6.54 Å². The fourth-order valence-corrected chi connectivity index (χ4v) is 1.33. The van der Waals surface area contributed by atoms with Crippen molar-refractivity contribution in [3.8, 4) is 18.1 Å². The summed E-state index contributed by atoms with van der Waals surface area (Å²) in [5.41, 5.74) is 0.898. The van der Waals surface area contributed by atoms with Crippen molar-refractivity contribution < 1.29 is 4.74 Å². The normalized spacial score (nSPS) is 9.00. The summed E-state index contributed by atoms with van der Waals surface area (Å²) in [7, 11) is 1.63. The number of rotatable bonds is 3. The summed E-state index contributed by atoms with van der Waals surface area (Å²) in [6.45, 7) is 0.493. The van der Waals surface area contributed by atoms with Crippen molar-refractivity contribution in [3.63, 3.8) is 0 Å². The van der Waals surface area contributed by atoms with Crippen LogP contribution in [0.3, 0.4) is 0 Å². The van der Waals surface area contributed by atoms with Crippen LogP contribution in [0.1, 0.15) is 0 Å². The molecule has 0 heterocycles. The number of hydrogen-bond acceptors (Lipinski definition) is 2. The SMILES string of the molecule is C#CCNc1cc(Br)ccc1OC. The first kappa shape index (κ1) is 9.94. The second-order valence-electron chi connectivity index (χ2n) is 2.40. The van der Waals surface area contributed by atoms with Crippen molar-refractivity contribution in [1.29, 1.82) is 0 Å². The highest BCUT2D eigenvalue weighted by atomic mass is 79.9. The van der Waals surface area contributed by atoms with Crippen LogP contribution in [-0.2, 0) is 0 Å². The van der Waals surface area contributed by atoms with Crippen LogP contribution in [0.25, 0.3) is 0 Å². The summed E-state index contributed by atoms with van der Waals surface area (Å²) in [4.78, 5) is 0. The van der Waals surface area contributed by atoms with E-state index in [9.17, 15) is 0 Å². The van der Waals surface area contributed by atoms with Gasteiger partial charge in [-0.2, -0.15) is 0 Å². The molecule has 1 aromatic carbocycles. The number of ether oxygens (including phenoxy) is 1. The first-order chi connectivity index (χ1) is 6.27. The molecule has 0 aliphatic heterocycles. The Morgan fingerprint density at radius 3 is 3.00 bits per heavy atom. The minimum Gasteiger partial charge on any atom is -0.495 e. The van der Waals surface area contributed by atoms with Gasteiger partial charge in [-0.15, -0.1) is 6.42 Å². The lowest BCUT2D eigenvalue weighted by Crippen LogP contribution is -2.00. The molecule has 2 nitrogen and oxygen atoms in total. The third-order valence-electron chi connectivity index (χ3n) is 1.54. The first-order valence-electron chi connectivity index (χ1n) is 3.79. The molecule has 3 heteroatoms. The molecular formula is C10H10BrNO. The smallest absolute Gasteiger partial charge is 0.142 e. The van der Waals surface area contributed by atoms with Crippen molar-refractivity contribution >= 4 is 21.6 Å². The molecule has 0 saturated carbocycles. The van der Waals surface area contributed by atoms with E-state index in [0.717, 1.165) is 15.9 Å². The molecule has 0 unspecified atom stereocenters. The Morgan fingerprint density at radius 2 is 2.38 bits per heavy atom. The second kappa shape index (κ2) is 4.78. The molecule has 68 valence electrons. The monoisotopic (exact) mass is 239 g/mol. The third kappa shape index (κ3) is 2.67. The van der Waals surface area contributed by atoms with Gasteiger partial charge in [0.1, 0.15) is 5.75 Å². The summed E-state index contributed by atoms with van der Waals surface area (Å²) in [6, 6.07) is 5.72. The van der Waals surface area contributed by atoms with Gasteiger partial charge < -0.3 is 10.1 Å². The van der Waals surface area contributed by atoms with Crippen molar-refractivity contribution in [2.24, 2.45) is 0 Å². The zero-order chi connectivity index (χ0) is 9.68. The largest absolute Gasteiger partial charge is 0.495 e. The van der Waals surface area contributed by atoms with Gasteiger partial charge in [0.15, 0.2) is 0 Å². The van der Waals surface area contributed by atoms with E-state index in [1.54, 1.807) is 7.11 Å². The average Bonchev–Trinajstić information content (AvgIpc) is 2.15. The van der Waals surface area contributed by atoms with Crippen LogP contribution in [0.4, 0.5) is 5.69 Å². The Balaban J connectivity index is 2.89. The van der Waals surface area contributed by atoms with Crippen molar-refractivity contribution in [2.75, 3.05) is 19.0 Å². The fourth-order valence-electron chi connectivity index (χ4n) is 0.965. The van der Waals surface area contributed by atoms with E-state index in [-0.39, 0.29) is 0 Å². The number of hydrogen-bond donors (Lipinski definition) is 1. The molecule has 1 aromatic rings. The van der Waals surface area contributed by atoms with Crippen LogP contribution in [0.5, 0.6) is 5.75 Å². The molecule has 0 fully saturated rings. The van der Waals surface area contributed by atoms with Gasteiger partial charge in [-0.25, -0.2) is 0 Å². The average molecular weight is 240 g/mol. The Kier molecular flexibility index (Phi) is 3.66. The summed E-state index contributed by atoms with van der Waals surface area (Å²) in [6.07, 6.45) is 5.14. The Labute approximate surface area is 86.4 Å². The van der Waals surface area contributed by atoms with Gasteiger partial charge in [0.25, 0.3) is 0 Å². The molecule has 0 amide bonds. The Hall–Kier alpha value is -1.14. The highest BCUT2D eigenvalue weighted by Crippen LogP contribution is 2.27. The van der Waals surface area contributed by atoms with Gasteiger partial charge in [-0.3, -0.25) is 0 Å². The van der Waals surface area contributed by atoms with Crippen LogP contribution in [0.15, 0.2) is 22.7 Å². The van der Waals surface area contributed by atoms with E-state index >= 15 is 0 Å². The lowest BCUT2D eigenvalue weighted by molar-refractivity contribution is 0.416. The molecule has 0 saturated heterocycles. The molecule has 1 rings (SSSR count). The van der Waals surface area contributed by atoms with Gasteiger partial charge in [0.2, 0.25) is 0 Å². The topological polar surface area (TPSA) is 21.3 Å². The lowest BCUT2D eigenvalue weighted by Gasteiger charge is -2.08. The molecule has 0 aliphatic carbocycles. The van der Waals surface area contributed by atoms with Crippen molar-refractivity contribution in [3.05, 3.63) is 22.7 Å². The molecule has 13 heavy (non-hydrogen) atoms. The number of benzene rings is 1. The van der Waals surface area contributed by atoms with Crippen LogP contribution in [0, 0.1) is 12.3 Å². The summed E-state index contributed by atoms with van der Waals surface area (Å²) < 4.78 is 6.14. The maximum Gasteiger partial charge on any atom is 0.142 e. The standard InChI is InChI=1S/C10H10BrNO/c1-3-6-12-9-7-8(11)4-5-10(9)13-2/h1,4-5,7,12H,6H2,2H3. The zero-order valence-corrected chi connectivity index (χ0v) is 8.89. The molecular weight excluding hydrogens is 230 g/mol. The van der Waals surface area contributed by atoms with Crippen LogP contribution >= 0.6 is 15.9 Å². The molecule has 0 bridgehead atoms. The summed E-state index contributed by atoms with van der Waals surface area (Å²) >= 11 is 3.37. The van der Waals surface area contributed by atoms with Crippen molar-refractivity contribution in [2.45, 2.75) is 0 Å².